The highest BCUT2D eigenvalue weighted by molar-refractivity contribution is 5.93. The Labute approximate surface area is 79.5 Å². The summed E-state index contributed by atoms with van der Waals surface area (Å²) in [6, 6.07) is 0. The summed E-state index contributed by atoms with van der Waals surface area (Å²) in [6.45, 7) is 3.40. The zero-order valence-electron chi connectivity index (χ0n) is 8.10. The van der Waals surface area contributed by atoms with Crippen LogP contribution in [0.4, 0.5) is 0 Å². The predicted molar refractivity (Wildman–Crippen MR) is 52.1 cm³/mol. The van der Waals surface area contributed by atoms with E-state index in [-0.39, 0.29) is 5.91 Å². The van der Waals surface area contributed by atoms with E-state index in [9.17, 15) is 4.79 Å². The van der Waals surface area contributed by atoms with Crippen LogP contribution in [-0.2, 0) is 4.79 Å². The van der Waals surface area contributed by atoms with Gasteiger partial charge >= 0.3 is 0 Å². The summed E-state index contributed by atoms with van der Waals surface area (Å²) in [5.41, 5.74) is 0. The molecule has 13 heavy (non-hydrogen) atoms. The second-order valence-corrected chi connectivity index (χ2v) is 3.18. The van der Waals surface area contributed by atoms with Gasteiger partial charge in [-0.3, -0.25) is 4.79 Å². The van der Waals surface area contributed by atoms with Gasteiger partial charge in [0.1, 0.15) is 0 Å². The van der Waals surface area contributed by atoms with E-state index in [4.69, 9.17) is 0 Å². The molecule has 1 amide bonds. The van der Waals surface area contributed by atoms with Crippen LogP contribution >= 0.6 is 0 Å². The summed E-state index contributed by atoms with van der Waals surface area (Å²) in [7, 11) is 1.59. The van der Waals surface area contributed by atoms with Crippen LogP contribution in [0.15, 0.2) is 0 Å². The Hall–Kier alpha value is -1.01. The van der Waals surface area contributed by atoms with Crippen LogP contribution in [-0.4, -0.2) is 37.5 Å². The molecule has 0 unspecified atom stereocenters. The van der Waals surface area contributed by atoms with Crippen molar-refractivity contribution in [2.45, 2.75) is 19.3 Å². The van der Waals surface area contributed by atoms with Crippen molar-refractivity contribution in [2.75, 3.05) is 26.7 Å². The molecule has 0 aromatic rings. The molecule has 0 atom stereocenters. The molecule has 1 saturated heterocycles. The van der Waals surface area contributed by atoms with Gasteiger partial charge in [0.2, 0.25) is 0 Å². The van der Waals surface area contributed by atoms with Crippen LogP contribution in [0.2, 0.25) is 0 Å². The number of carbonyl (C=O) groups excluding carboxylic acids is 1. The van der Waals surface area contributed by atoms with Gasteiger partial charge in [-0.05, 0) is 31.9 Å². The van der Waals surface area contributed by atoms with Crippen LogP contribution in [0.25, 0.3) is 0 Å². The van der Waals surface area contributed by atoms with Crippen molar-refractivity contribution in [1.29, 1.82) is 0 Å². The molecule has 0 radical (unpaired) electrons. The van der Waals surface area contributed by atoms with Crippen LogP contribution in [0.1, 0.15) is 19.3 Å². The number of nitrogens with zero attached hydrogens (tertiary/aromatic N) is 1. The quantitative estimate of drug-likeness (QED) is 0.617. The summed E-state index contributed by atoms with van der Waals surface area (Å²) in [6.07, 6.45) is 3.42. The minimum absolute atomic E-state index is 0.193. The lowest BCUT2D eigenvalue weighted by atomic mass is 10.4. The van der Waals surface area contributed by atoms with E-state index >= 15 is 0 Å². The number of hydrogen-bond donors (Lipinski definition) is 1. The molecular weight excluding hydrogens is 164 g/mol. The van der Waals surface area contributed by atoms with E-state index in [0.29, 0.717) is 0 Å². The molecule has 1 aliphatic heterocycles. The van der Waals surface area contributed by atoms with Gasteiger partial charge in [0, 0.05) is 20.0 Å². The Kier molecular flexibility index (Phi) is 4.34. The van der Waals surface area contributed by atoms with E-state index in [1.807, 2.05) is 0 Å². The maximum atomic E-state index is 10.7. The number of amides is 1. The van der Waals surface area contributed by atoms with Crippen LogP contribution in [0.5, 0.6) is 0 Å². The minimum atomic E-state index is -0.193. The Bertz CT molecular complexity index is 221. The second-order valence-electron chi connectivity index (χ2n) is 3.18. The molecule has 0 aromatic heterocycles. The number of hydrogen-bond acceptors (Lipinski definition) is 2. The number of carbonyl (C=O) groups is 1. The third kappa shape index (κ3) is 3.95. The molecule has 0 aromatic carbocycles. The Morgan fingerprint density at radius 1 is 1.46 bits per heavy atom. The second kappa shape index (κ2) is 5.60. The highest BCUT2D eigenvalue weighted by Gasteiger charge is 2.09. The molecule has 1 heterocycles. The molecule has 0 bridgehead atoms. The standard InChI is InChI=1S/C10H16N2O/c1-11-10(13)6-2-3-7-12-8-4-5-9-12/h3-5,7-9H2,1H3,(H,11,13). The molecule has 1 aliphatic rings. The SMILES string of the molecule is CNC(=O)C#CCCN1CCCC1. The van der Waals surface area contributed by atoms with Crippen molar-refractivity contribution in [3.63, 3.8) is 0 Å². The lowest BCUT2D eigenvalue weighted by Gasteiger charge is -2.10. The van der Waals surface area contributed by atoms with E-state index in [0.717, 1.165) is 13.0 Å². The number of nitrogens with one attached hydrogen (secondary N) is 1. The zero-order chi connectivity index (χ0) is 9.52. The summed E-state index contributed by atoms with van der Waals surface area (Å²) < 4.78 is 0. The number of rotatable bonds is 2. The fourth-order valence-electron chi connectivity index (χ4n) is 1.43. The molecule has 3 nitrogen and oxygen atoms in total. The molecule has 72 valence electrons. The van der Waals surface area contributed by atoms with Crippen LogP contribution in [0, 0.1) is 11.8 Å². The summed E-state index contributed by atoms with van der Waals surface area (Å²) in [4.78, 5) is 13.1. The first-order valence-corrected chi connectivity index (χ1v) is 4.76. The normalized spacial score (nSPS) is 16.4. The van der Waals surface area contributed by atoms with Crippen molar-refractivity contribution in [1.82, 2.24) is 10.2 Å². The van der Waals surface area contributed by atoms with Gasteiger partial charge < -0.3 is 10.2 Å². The maximum absolute atomic E-state index is 10.7. The van der Waals surface area contributed by atoms with Gasteiger partial charge in [0.15, 0.2) is 0 Å². The van der Waals surface area contributed by atoms with Gasteiger partial charge in [0.05, 0.1) is 0 Å². The van der Waals surface area contributed by atoms with Gasteiger partial charge in [-0.15, -0.1) is 0 Å². The average molecular weight is 180 g/mol. The Morgan fingerprint density at radius 3 is 2.77 bits per heavy atom. The first-order valence-electron chi connectivity index (χ1n) is 4.76. The number of likely N-dealkylation sites (tertiary alicyclic amines) is 1. The summed E-state index contributed by atoms with van der Waals surface area (Å²) >= 11 is 0. The summed E-state index contributed by atoms with van der Waals surface area (Å²) in [5.74, 6) is 5.20. The average Bonchev–Trinajstić information content (AvgIpc) is 2.64. The molecule has 1 N–H and O–H groups in total. The predicted octanol–water partition coefficient (Wildman–Crippen LogP) is 0.222. The zero-order valence-corrected chi connectivity index (χ0v) is 8.10. The Balaban J connectivity index is 2.10. The molecule has 0 aliphatic carbocycles. The minimum Gasteiger partial charge on any atom is -0.348 e. The molecular formula is C10H16N2O. The lowest BCUT2D eigenvalue weighted by Crippen LogP contribution is -2.20. The van der Waals surface area contributed by atoms with Gasteiger partial charge in [-0.2, -0.15) is 0 Å². The van der Waals surface area contributed by atoms with E-state index < -0.39 is 0 Å². The van der Waals surface area contributed by atoms with Crippen molar-refractivity contribution >= 4 is 5.91 Å². The van der Waals surface area contributed by atoms with Gasteiger partial charge in [-0.1, -0.05) is 5.92 Å². The first kappa shape index (κ1) is 10.1. The molecule has 3 heteroatoms. The van der Waals surface area contributed by atoms with Crippen LogP contribution in [0.3, 0.4) is 0 Å². The van der Waals surface area contributed by atoms with E-state index in [2.05, 4.69) is 22.1 Å². The van der Waals surface area contributed by atoms with E-state index in [1.165, 1.54) is 25.9 Å². The smallest absolute Gasteiger partial charge is 0.295 e. The highest BCUT2D eigenvalue weighted by atomic mass is 16.1. The largest absolute Gasteiger partial charge is 0.348 e. The van der Waals surface area contributed by atoms with Gasteiger partial charge in [0.25, 0.3) is 5.91 Å². The topological polar surface area (TPSA) is 32.3 Å². The third-order valence-corrected chi connectivity index (χ3v) is 2.18. The monoisotopic (exact) mass is 180 g/mol. The van der Waals surface area contributed by atoms with Gasteiger partial charge in [-0.25, -0.2) is 0 Å². The highest BCUT2D eigenvalue weighted by Crippen LogP contribution is 2.06. The molecule has 0 saturated carbocycles. The fraction of sp³-hybridized carbons (Fsp3) is 0.700. The molecule has 1 fully saturated rings. The van der Waals surface area contributed by atoms with Crippen molar-refractivity contribution in [3.8, 4) is 11.8 Å². The summed E-state index contributed by atoms with van der Waals surface area (Å²) in [5, 5.41) is 2.47. The maximum Gasteiger partial charge on any atom is 0.295 e. The molecule has 0 spiro atoms. The lowest BCUT2D eigenvalue weighted by molar-refractivity contribution is -0.115. The molecule has 1 rings (SSSR count). The van der Waals surface area contributed by atoms with Crippen LogP contribution < -0.4 is 5.32 Å². The van der Waals surface area contributed by atoms with Crippen molar-refractivity contribution < 1.29 is 4.79 Å². The third-order valence-electron chi connectivity index (χ3n) is 2.18. The van der Waals surface area contributed by atoms with Crippen molar-refractivity contribution in [3.05, 3.63) is 0 Å². The Morgan fingerprint density at radius 2 is 2.15 bits per heavy atom. The first-order chi connectivity index (χ1) is 6.33. The van der Waals surface area contributed by atoms with Crippen molar-refractivity contribution in [2.24, 2.45) is 0 Å². The van der Waals surface area contributed by atoms with E-state index in [1.54, 1.807) is 7.05 Å². The fourth-order valence-corrected chi connectivity index (χ4v) is 1.43.